The molecule has 3 heterocycles. The first-order valence-corrected chi connectivity index (χ1v) is 10.2. The van der Waals surface area contributed by atoms with E-state index in [9.17, 15) is 14.9 Å². The lowest BCUT2D eigenvalue weighted by Crippen LogP contribution is -2.49. The van der Waals surface area contributed by atoms with E-state index in [-0.39, 0.29) is 22.3 Å². The highest BCUT2D eigenvalue weighted by molar-refractivity contribution is 6.33. The third-order valence-corrected chi connectivity index (χ3v) is 5.54. The Morgan fingerprint density at radius 1 is 1.10 bits per heavy atom. The number of hydrogen-bond donors (Lipinski definition) is 0. The fourth-order valence-corrected chi connectivity index (χ4v) is 3.87. The fraction of sp³-hybridized carbons (Fsp3) is 0.286. The Bertz CT molecular complexity index is 1150. The van der Waals surface area contributed by atoms with Gasteiger partial charge in [0.2, 0.25) is 0 Å². The van der Waals surface area contributed by atoms with Crippen LogP contribution in [0.15, 0.2) is 42.5 Å². The highest BCUT2D eigenvalue weighted by Crippen LogP contribution is 2.24. The van der Waals surface area contributed by atoms with Crippen molar-refractivity contribution in [2.45, 2.75) is 13.8 Å². The van der Waals surface area contributed by atoms with Crippen LogP contribution in [0.3, 0.4) is 0 Å². The van der Waals surface area contributed by atoms with E-state index in [4.69, 9.17) is 11.6 Å². The Balaban J connectivity index is 1.50. The molecule has 0 atom stereocenters. The molecule has 9 nitrogen and oxygen atoms in total. The smallest absolute Gasteiger partial charge is 0.274 e. The van der Waals surface area contributed by atoms with Crippen LogP contribution in [0.2, 0.25) is 5.02 Å². The summed E-state index contributed by atoms with van der Waals surface area (Å²) in [5, 5.41) is 15.7. The predicted octanol–water partition coefficient (Wildman–Crippen LogP) is 3.41. The van der Waals surface area contributed by atoms with Crippen molar-refractivity contribution in [1.82, 2.24) is 19.7 Å². The number of anilines is 1. The van der Waals surface area contributed by atoms with Crippen molar-refractivity contribution >= 4 is 28.9 Å². The number of carbonyl (C=O) groups is 1. The van der Waals surface area contributed by atoms with E-state index in [1.807, 2.05) is 30.9 Å². The number of benzene rings is 1. The zero-order valence-corrected chi connectivity index (χ0v) is 17.9. The van der Waals surface area contributed by atoms with Crippen LogP contribution in [0, 0.1) is 24.0 Å². The summed E-state index contributed by atoms with van der Waals surface area (Å²) in [4.78, 5) is 32.0. The molecule has 0 saturated carbocycles. The average Bonchev–Trinajstić information content (AvgIpc) is 3.11. The minimum absolute atomic E-state index is 0.0490. The number of carbonyl (C=O) groups excluding carboxylic acids is 1. The number of nitrogens with zero attached hydrogens (tertiary/aromatic N) is 6. The second kappa shape index (κ2) is 8.35. The van der Waals surface area contributed by atoms with Gasteiger partial charge in [-0.2, -0.15) is 5.10 Å². The largest absolute Gasteiger partial charge is 0.368 e. The fourth-order valence-electron chi connectivity index (χ4n) is 3.68. The van der Waals surface area contributed by atoms with Gasteiger partial charge in [0.1, 0.15) is 5.69 Å². The van der Waals surface area contributed by atoms with Crippen molar-refractivity contribution in [3.63, 3.8) is 0 Å². The molecule has 0 unspecified atom stereocenters. The topological polar surface area (TPSA) is 97.4 Å². The van der Waals surface area contributed by atoms with Crippen molar-refractivity contribution in [3.8, 4) is 5.82 Å². The number of halogens is 1. The van der Waals surface area contributed by atoms with Gasteiger partial charge < -0.3 is 9.80 Å². The number of pyridine rings is 1. The van der Waals surface area contributed by atoms with E-state index < -0.39 is 4.92 Å². The summed E-state index contributed by atoms with van der Waals surface area (Å²) in [6, 6.07) is 11.8. The first-order chi connectivity index (χ1) is 14.8. The normalized spacial score (nSPS) is 14.0. The average molecular weight is 441 g/mol. The molecule has 10 heteroatoms. The van der Waals surface area contributed by atoms with Crippen LogP contribution in [0.4, 0.5) is 11.4 Å². The third kappa shape index (κ3) is 4.22. The molecular formula is C21H21ClN6O3. The van der Waals surface area contributed by atoms with Gasteiger partial charge in [-0.25, -0.2) is 9.67 Å². The number of amides is 1. The predicted molar refractivity (Wildman–Crippen MR) is 117 cm³/mol. The van der Waals surface area contributed by atoms with Crippen LogP contribution < -0.4 is 4.90 Å². The molecule has 1 amide bonds. The van der Waals surface area contributed by atoms with E-state index in [1.54, 1.807) is 33.8 Å². The third-order valence-electron chi connectivity index (χ3n) is 5.23. The molecule has 160 valence electrons. The molecule has 4 rings (SSSR count). The summed E-state index contributed by atoms with van der Waals surface area (Å²) in [7, 11) is 0. The maximum Gasteiger partial charge on any atom is 0.274 e. The number of rotatable bonds is 4. The van der Waals surface area contributed by atoms with Crippen molar-refractivity contribution in [2.24, 2.45) is 0 Å². The first kappa shape index (κ1) is 20.8. The second-order valence-electron chi connectivity index (χ2n) is 7.39. The zero-order valence-electron chi connectivity index (χ0n) is 17.2. The first-order valence-electron chi connectivity index (χ1n) is 9.82. The van der Waals surface area contributed by atoms with Gasteiger partial charge in [-0.3, -0.25) is 14.9 Å². The van der Waals surface area contributed by atoms with Crippen LogP contribution in [0.5, 0.6) is 0 Å². The summed E-state index contributed by atoms with van der Waals surface area (Å²) in [5.74, 6) is 0.292. The number of aryl methyl sites for hydroxylation is 2. The minimum Gasteiger partial charge on any atom is -0.368 e. The van der Waals surface area contributed by atoms with Crippen LogP contribution in [0.1, 0.15) is 21.9 Å². The maximum absolute atomic E-state index is 13.1. The lowest BCUT2D eigenvalue weighted by atomic mass is 10.2. The van der Waals surface area contributed by atoms with Crippen LogP contribution >= 0.6 is 11.6 Å². The molecule has 0 radical (unpaired) electrons. The Morgan fingerprint density at radius 3 is 2.48 bits per heavy atom. The van der Waals surface area contributed by atoms with Crippen LogP contribution in [-0.2, 0) is 0 Å². The van der Waals surface area contributed by atoms with E-state index >= 15 is 0 Å². The molecule has 1 aromatic carbocycles. The van der Waals surface area contributed by atoms with Gasteiger partial charge in [0.25, 0.3) is 11.6 Å². The quantitative estimate of drug-likeness (QED) is 0.455. The maximum atomic E-state index is 13.1. The lowest BCUT2D eigenvalue weighted by molar-refractivity contribution is -0.384. The Labute approximate surface area is 184 Å². The van der Waals surface area contributed by atoms with Crippen LogP contribution in [-0.4, -0.2) is 56.7 Å². The summed E-state index contributed by atoms with van der Waals surface area (Å²) >= 11 is 6.30. The Hall–Kier alpha value is -3.46. The molecule has 2 aromatic heterocycles. The molecule has 1 aliphatic heterocycles. The van der Waals surface area contributed by atoms with E-state index in [2.05, 4.69) is 10.1 Å². The molecule has 31 heavy (non-hydrogen) atoms. The zero-order chi connectivity index (χ0) is 22.1. The number of non-ortho nitro benzene ring substituents is 1. The molecular weight excluding hydrogens is 420 g/mol. The Morgan fingerprint density at radius 2 is 1.84 bits per heavy atom. The molecule has 1 saturated heterocycles. The highest BCUT2D eigenvalue weighted by Gasteiger charge is 2.26. The monoisotopic (exact) mass is 440 g/mol. The second-order valence-corrected chi connectivity index (χ2v) is 7.80. The van der Waals surface area contributed by atoms with Gasteiger partial charge in [-0.1, -0.05) is 17.7 Å². The number of aromatic nitrogens is 3. The molecule has 0 spiro atoms. The standard InChI is InChI=1S/C21H21ClN6O3/c1-14-12-15(2)27(24-14)19-7-6-18(22)20(23-19)21(29)26-10-8-25(9-11-26)16-4-3-5-17(13-16)28(30)31/h3-7,12-13H,8-11H2,1-2H3. The van der Waals surface area contributed by atoms with Crippen molar-refractivity contribution in [1.29, 1.82) is 0 Å². The van der Waals surface area contributed by atoms with Crippen molar-refractivity contribution in [3.05, 3.63) is 74.7 Å². The lowest BCUT2D eigenvalue weighted by Gasteiger charge is -2.36. The molecule has 0 N–H and O–H groups in total. The molecule has 3 aromatic rings. The number of nitro benzene ring substituents is 1. The van der Waals surface area contributed by atoms with Gasteiger partial charge in [-0.15, -0.1) is 0 Å². The number of nitro groups is 1. The van der Waals surface area contributed by atoms with E-state index in [0.717, 1.165) is 17.1 Å². The van der Waals surface area contributed by atoms with Gasteiger partial charge in [-0.05, 0) is 38.1 Å². The summed E-state index contributed by atoms with van der Waals surface area (Å²) < 4.78 is 1.68. The SMILES string of the molecule is Cc1cc(C)n(-c2ccc(Cl)c(C(=O)N3CCN(c4cccc([N+](=O)[O-])c4)CC3)n2)n1. The minimum atomic E-state index is -0.410. The van der Waals surface area contributed by atoms with E-state index in [0.29, 0.717) is 32.0 Å². The van der Waals surface area contributed by atoms with Gasteiger partial charge in [0.05, 0.1) is 15.6 Å². The summed E-state index contributed by atoms with van der Waals surface area (Å²) in [6.45, 7) is 5.86. The van der Waals surface area contributed by atoms with Gasteiger partial charge in [0, 0.05) is 49.7 Å². The van der Waals surface area contributed by atoms with Crippen molar-refractivity contribution < 1.29 is 9.72 Å². The molecule has 1 aliphatic rings. The van der Waals surface area contributed by atoms with E-state index in [1.165, 1.54) is 6.07 Å². The number of hydrogen-bond acceptors (Lipinski definition) is 6. The van der Waals surface area contributed by atoms with Crippen LogP contribution in [0.25, 0.3) is 5.82 Å². The summed E-state index contributed by atoms with van der Waals surface area (Å²) in [5.41, 5.74) is 2.78. The highest BCUT2D eigenvalue weighted by atomic mass is 35.5. The van der Waals surface area contributed by atoms with Gasteiger partial charge >= 0.3 is 0 Å². The van der Waals surface area contributed by atoms with Gasteiger partial charge in [0.15, 0.2) is 5.82 Å². The molecule has 1 fully saturated rings. The Kier molecular flexibility index (Phi) is 5.60. The molecule has 0 bridgehead atoms. The van der Waals surface area contributed by atoms with Crippen molar-refractivity contribution in [2.75, 3.05) is 31.1 Å². The molecule has 0 aliphatic carbocycles. The number of piperazine rings is 1. The summed E-state index contributed by atoms with van der Waals surface area (Å²) in [6.07, 6.45) is 0.